The average molecular weight is 402 g/mol. The number of hydrogen-bond acceptors (Lipinski definition) is 5. The van der Waals surface area contributed by atoms with Gasteiger partial charge in [0.1, 0.15) is 0 Å². The van der Waals surface area contributed by atoms with Crippen molar-refractivity contribution in [3.8, 4) is 0 Å². The number of carbonyl (C=O) groups excluding carboxylic acids is 1. The number of urea groups is 1. The van der Waals surface area contributed by atoms with Crippen LogP contribution in [0.1, 0.15) is 55.5 Å². The van der Waals surface area contributed by atoms with Crippen molar-refractivity contribution in [1.29, 1.82) is 0 Å². The van der Waals surface area contributed by atoms with Crippen LogP contribution in [0.25, 0.3) is 0 Å². The van der Waals surface area contributed by atoms with Gasteiger partial charge in [-0.05, 0) is 37.5 Å². The molecule has 2 bridgehead atoms. The molecule has 2 amide bonds. The Morgan fingerprint density at radius 3 is 2.64 bits per heavy atom. The van der Waals surface area contributed by atoms with E-state index >= 15 is 0 Å². The summed E-state index contributed by atoms with van der Waals surface area (Å²) in [6, 6.07) is 1.49. The van der Waals surface area contributed by atoms with Crippen molar-refractivity contribution in [3.63, 3.8) is 0 Å². The van der Waals surface area contributed by atoms with Gasteiger partial charge in [0.25, 0.3) is 0 Å². The number of amides is 2. The van der Waals surface area contributed by atoms with E-state index in [0.29, 0.717) is 17.5 Å². The van der Waals surface area contributed by atoms with Gasteiger partial charge in [-0.1, -0.05) is 24.2 Å². The average Bonchev–Trinajstić information content (AvgIpc) is 3.48. The summed E-state index contributed by atoms with van der Waals surface area (Å²) < 4.78 is 0. The molecular formula is C21H31N5OS. The highest BCUT2D eigenvalue weighted by Crippen LogP contribution is 2.45. The Kier molecular flexibility index (Phi) is 4.12. The van der Waals surface area contributed by atoms with Gasteiger partial charge in [0.15, 0.2) is 5.13 Å². The number of nitrogens with one attached hydrogen (secondary N) is 1. The lowest BCUT2D eigenvalue weighted by Crippen LogP contribution is -2.51. The molecule has 2 unspecified atom stereocenters. The maximum absolute atomic E-state index is 13.2. The zero-order valence-electron chi connectivity index (χ0n) is 16.7. The molecule has 4 aliphatic heterocycles. The molecule has 28 heavy (non-hydrogen) atoms. The number of likely N-dealkylation sites (tertiary alicyclic amines) is 1. The molecule has 6 nitrogen and oxygen atoms in total. The van der Waals surface area contributed by atoms with Crippen molar-refractivity contribution in [2.45, 2.75) is 70.0 Å². The third-order valence-corrected chi connectivity index (χ3v) is 9.06. The molecular weight excluding hydrogens is 370 g/mol. The number of carbonyl (C=O) groups is 1. The summed E-state index contributed by atoms with van der Waals surface area (Å²) in [5, 5.41) is 4.77. The van der Waals surface area contributed by atoms with Gasteiger partial charge in [-0.2, -0.15) is 0 Å². The molecule has 6 rings (SSSR count). The third-order valence-electron chi connectivity index (χ3n) is 7.96. The first kappa shape index (κ1) is 17.5. The molecule has 0 radical (unpaired) electrons. The van der Waals surface area contributed by atoms with Crippen LogP contribution in [-0.2, 0) is 13.0 Å². The minimum atomic E-state index is 0.270. The Morgan fingerprint density at radius 2 is 1.86 bits per heavy atom. The van der Waals surface area contributed by atoms with Crippen LogP contribution in [0, 0.1) is 5.41 Å². The lowest BCUT2D eigenvalue weighted by molar-refractivity contribution is 0.151. The number of hydrogen-bond donors (Lipinski definition) is 1. The molecule has 1 aliphatic carbocycles. The first-order chi connectivity index (χ1) is 13.7. The molecule has 1 spiro atoms. The first-order valence-electron chi connectivity index (χ1n) is 11.2. The summed E-state index contributed by atoms with van der Waals surface area (Å²) in [6.45, 7) is 5.71. The monoisotopic (exact) mass is 401 g/mol. The Labute approximate surface area is 171 Å². The van der Waals surface area contributed by atoms with Gasteiger partial charge in [0, 0.05) is 56.1 Å². The molecule has 0 aromatic carbocycles. The van der Waals surface area contributed by atoms with E-state index < -0.39 is 0 Å². The first-order valence-corrected chi connectivity index (χ1v) is 12.0. The SMILES string of the molecule is O=C(N1CCc2nc(N3C4CCC3CNC4)sc2C1)N1CCC2(CCCC2)C1. The fraction of sp³-hybridized carbons (Fsp3) is 0.810. The number of nitrogens with zero attached hydrogens (tertiary/aromatic N) is 4. The van der Waals surface area contributed by atoms with Crippen LogP contribution in [0.3, 0.4) is 0 Å². The van der Waals surface area contributed by atoms with E-state index in [-0.39, 0.29) is 6.03 Å². The summed E-state index contributed by atoms with van der Waals surface area (Å²) in [5.41, 5.74) is 1.70. The zero-order valence-corrected chi connectivity index (χ0v) is 17.5. The van der Waals surface area contributed by atoms with Gasteiger partial charge in [0.05, 0.1) is 12.2 Å². The van der Waals surface area contributed by atoms with E-state index in [2.05, 4.69) is 20.0 Å². The summed E-state index contributed by atoms with van der Waals surface area (Å²) in [6.07, 6.45) is 10.1. The van der Waals surface area contributed by atoms with E-state index in [1.165, 1.54) is 60.6 Å². The maximum Gasteiger partial charge on any atom is 0.320 e. The standard InChI is InChI=1S/C21H31N5OS/c27-20(25-10-8-21(14-25)6-1-2-7-21)24-9-5-17-18(13-24)28-19(23-17)26-15-3-4-16(26)12-22-11-15/h15-16,22H,1-14H2. The minimum absolute atomic E-state index is 0.270. The fourth-order valence-electron chi connectivity index (χ4n) is 6.38. The Morgan fingerprint density at radius 1 is 1.07 bits per heavy atom. The molecule has 5 heterocycles. The molecule has 1 aromatic rings. The van der Waals surface area contributed by atoms with Crippen LogP contribution in [0.2, 0.25) is 0 Å². The van der Waals surface area contributed by atoms with Crippen LogP contribution in [0.4, 0.5) is 9.93 Å². The Hall–Kier alpha value is -1.34. The summed E-state index contributed by atoms with van der Waals surface area (Å²) in [5.74, 6) is 0. The number of fused-ring (bicyclic) bond motifs is 3. The molecule has 152 valence electrons. The van der Waals surface area contributed by atoms with Crippen molar-refractivity contribution in [2.75, 3.05) is 37.6 Å². The lowest BCUT2D eigenvalue weighted by Gasteiger charge is -2.35. The maximum atomic E-state index is 13.2. The van der Waals surface area contributed by atoms with Crippen molar-refractivity contribution in [2.24, 2.45) is 5.41 Å². The molecule has 1 N–H and O–H groups in total. The van der Waals surface area contributed by atoms with Gasteiger partial charge in [-0.15, -0.1) is 0 Å². The Bertz CT molecular complexity index is 757. The molecule has 2 atom stereocenters. The number of aromatic nitrogens is 1. The second kappa shape index (κ2) is 6.59. The van der Waals surface area contributed by atoms with Crippen molar-refractivity contribution in [3.05, 3.63) is 10.6 Å². The summed E-state index contributed by atoms with van der Waals surface area (Å²) in [4.78, 5) is 26.4. The lowest BCUT2D eigenvalue weighted by atomic mass is 9.86. The van der Waals surface area contributed by atoms with Crippen LogP contribution < -0.4 is 10.2 Å². The summed E-state index contributed by atoms with van der Waals surface area (Å²) in [7, 11) is 0. The van der Waals surface area contributed by atoms with E-state index in [0.717, 1.165) is 45.7 Å². The number of piperazine rings is 1. The van der Waals surface area contributed by atoms with Gasteiger partial charge >= 0.3 is 6.03 Å². The number of thiazole rings is 1. The highest BCUT2D eigenvalue weighted by molar-refractivity contribution is 7.15. The second-order valence-corrected chi connectivity index (χ2v) is 10.7. The molecule has 1 aromatic heterocycles. The largest absolute Gasteiger partial charge is 0.340 e. The fourth-order valence-corrected chi connectivity index (χ4v) is 7.64. The third kappa shape index (κ3) is 2.76. The van der Waals surface area contributed by atoms with Crippen molar-refractivity contribution in [1.82, 2.24) is 20.1 Å². The highest BCUT2D eigenvalue weighted by Gasteiger charge is 2.43. The van der Waals surface area contributed by atoms with Gasteiger partial charge in [-0.25, -0.2) is 9.78 Å². The van der Waals surface area contributed by atoms with Crippen molar-refractivity contribution < 1.29 is 4.79 Å². The van der Waals surface area contributed by atoms with Crippen LogP contribution in [0.5, 0.6) is 0 Å². The molecule has 5 aliphatic rings. The van der Waals surface area contributed by atoms with E-state index in [4.69, 9.17) is 4.98 Å². The van der Waals surface area contributed by atoms with Crippen LogP contribution >= 0.6 is 11.3 Å². The van der Waals surface area contributed by atoms with Gasteiger partial charge < -0.3 is 20.0 Å². The highest BCUT2D eigenvalue weighted by atomic mass is 32.1. The molecule has 1 saturated carbocycles. The predicted octanol–water partition coefficient (Wildman–Crippen LogP) is 2.83. The summed E-state index contributed by atoms with van der Waals surface area (Å²) >= 11 is 1.85. The molecule has 3 saturated heterocycles. The zero-order chi connectivity index (χ0) is 18.7. The molecule has 7 heteroatoms. The Balaban J connectivity index is 1.16. The van der Waals surface area contributed by atoms with Crippen molar-refractivity contribution >= 4 is 22.5 Å². The second-order valence-electron chi connectivity index (χ2n) is 9.65. The van der Waals surface area contributed by atoms with E-state index in [1.54, 1.807) is 0 Å². The number of rotatable bonds is 1. The van der Waals surface area contributed by atoms with Crippen LogP contribution in [0.15, 0.2) is 0 Å². The van der Waals surface area contributed by atoms with E-state index in [1.807, 2.05) is 11.3 Å². The van der Waals surface area contributed by atoms with Crippen LogP contribution in [-0.4, -0.2) is 65.6 Å². The predicted molar refractivity (Wildman–Crippen MR) is 111 cm³/mol. The smallest absolute Gasteiger partial charge is 0.320 e. The molecule has 4 fully saturated rings. The van der Waals surface area contributed by atoms with Gasteiger partial charge in [0.2, 0.25) is 0 Å². The minimum Gasteiger partial charge on any atom is -0.340 e. The van der Waals surface area contributed by atoms with Gasteiger partial charge in [-0.3, -0.25) is 0 Å². The normalized spacial score (nSPS) is 31.1. The van der Waals surface area contributed by atoms with E-state index in [9.17, 15) is 4.79 Å². The number of anilines is 1. The topological polar surface area (TPSA) is 51.7 Å². The quantitative estimate of drug-likeness (QED) is 0.786.